The molecular formula is C23H21ClN2O3S. The Morgan fingerprint density at radius 1 is 1.03 bits per heavy atom. The smallest absolute Gasteiger partial charge is 0.240 e. The summed E-state index contributed by atoms with van der Waals surface area (Å²) in [6.07, 6.45) is 0.151. The lowest BCUT2D eigenvalue weighted by atomic mass is 9.99. The zero-order valence-electron chi connectivity index (χ0n) is 16.4. The second-order valence-electron chi connectivity index (χ2n) is 6.73. The number of hydrogen-bond donors (Lipinski definition) is 1. The number of hydrogen-bond acceptors (Lipinski definition) is 4. The molecular weight excluding hydrogens is 420 g/mol. The number of ether oxygens (including phenoxy) is 1. The van der Waals surface area contributed by atoms with Gasteiger partial charge in [-0.3, -0.25) is 0 Å². The summed E-state index contributed by atoms with van der Waals surface area (Å²) in [4.78, 5) is 0.223. The number of nitrogens with one attached hydrogen (secondary N) is 1. The summed E-state index contributed by atoms with van der Waals surface area (Å²) in [5.41, 5.74) is 2.05. The van der Waals surface area contributed by atoms with Crippen LogP contribution in [0.2, 0.25) is 5.02 Å². The lowest BCUT2D eigenvalue weighted by molar-refractivity contribution is 0.212. The van der Waals surface area contributed by atoms with Crippen molar-refractivity contribution in [2.75, 3.05) is 6.54 Å². The van der Waals surface area contributed by atoms with Crippen LogP contribution in [0.4, 0.5) is 0 Å². The molecule has 1 atom stereocenters. The first-order chi connectivity index (χ1) is 14.4. The average Bonchev–Trinajstić information content (AvgIpc) is 2.74. The van der Waals surface area contributed by atoms with Gasteiger partial charge in [-0.15, -0.1) is 0 Å². The van der Waals surface area contributed by atoms with Crippen molar-refractivity contribution >= 4 is 21.6 Å². The monoisotopic (exact) mass is 440 g/mol. The molecule has 3 aromatic rings. The van der Waals surface area contributed by atoms with Crippen molar-refractivity contribution in [2.45, 2.75) is 24.3 Å². The first-order valence-corrected chi connectivity index (χ1v) is 11.3. The Hall–Kier alpha value is -2.85. The molecule has 0 saturated heterocycles. The van der Waals surface area contributed by atoms with E-state index in [1.807, 2.05) is 31.2 Å². The van der Waals surface area contributed by atoms with Crippen LogP contribution in [0.25, 0.3) is 11.1 Å². The zero-order valence-corrected chi connectivity index (χ0v) is 18.0. The molecule has 0 bridgehead atoms. The van der Waals surface area contributed by atoms with Gasteiger partial charge in [0.2, 0.25) is 10.0 Å². The van der Waals surface area contributed by atoms with Crippen LogP contribution in [0.5, 0.6) is 5.75 Å². The Kier molecular flexibility index (Phi) is 7.11. The van der Waals surface area contributed by atoms with Crippen molar-refractivity contribution in [3.8, 4) is 22.9 Å². The number of nitrogens with zero attached hydrogens (tertiary/aromatic N) is 1. The molecule has 0 radical (unpaired) electrons. The second-order valence-corrected chi connectivity index (χ2v) is 8.93. The van der Waals surface area contributed by atoms with E-state index < -0.39 is 10.0 Å². The molecule has 1 unspecified atom stereocenters. The predicted octanol–water partition coefficient (Wildman–Crippen LogP) is 5.01. The molecule has 0 fully saturated rings. The number of halogens is 1. The van der Waals surface area contributed by atoms with E-state index in [0.29, 0.717) is 22.8 Å². The summed E-state index contributed by atoms with van der Waals surface area (Å²) in [7, 11) is -3.56. The van der Waals surface area contributed by atoms with Crippen LogP contribution in [-0.4, -0.2) is 21.1 Å². The normalized spacial score (nSPS) is 12.2. The summed E-state index contributed by atoms with van der Waals surface area (Å²) in [5, 5.41) is 10.3. The van der Waals surface area contributed by atoms with Gasteiger partial charge in [0, 0.05) is 17.1 Å². The van der Waals surface area contributed by atoms with Gasteiger partial charge in [0.1, 0.15) is 17.4 Å². The molecule has 0 spiro atoms. The molecule has 5 nitrogen and oxygen atoms in total. The fourth-order valence-corrected chi connectivity index (χ4v) is 4.16. The molecule has 3 aromatic carbocycles. The molecule has 7 heteroatoms. The fraction of sp³-hybridized carbons (Fsp3) is 0.174. The van der Waals surface area contributed by atoms with E-state index in [-0.39, 0.29) is 17.5 Å². The van der Waals surface area contributed by atoms with Gasteiger partial charge in [-0.1, -0.05) is 54.1 Å². The molecule has 154 valence electrons. The molecule has 0 saturated carbocycles. The third kappa shape index (κ3) is 5.39. The highest BCUT2D eigenvalue weighted by atomic mass is 35.5. The van der Waals surface area contributed by atoms with Crippen molar-refractivity contribution in [3.05, 3.63) is 83.4 Å². The van der Waals surface area contributed by atoms with Crippen LogP contribution >= 0.6 is 11.6 Å². The van der Waals surface area contributed by atoms with E-state index in [4.69, 9.17) is 16.3 Å². The second kappa shape index (κ2) is 9.77. The number of rotatable bonds is 8. The topological polar surface area (TPSA) is 79.2 Å². The molecule has 0 aliphatic heterocycles. The van der Waals surface area contributed by atoms with Crippen LogP contribution in [0, 0.1) is 11.3 Å². The number of sulfonamides is 1. The molecule has 1 N–H and O–H groups in total. The molecule has 0 aromatic heterocycles. The third-order valence-electron chi connectivity index (χ3n) is 4.52. The zero-order chi connectivity index (χ0) is 21.6. The first-order valence-electron chi connectivity index (χ1n) is 9.41. The first kappa shape index (κ1) is 21.8. The van der Waals surface area contributed by atoms with Gasteiger partial charge in [-0.05, 0) is 49.2 Å². The lowest BCUT2D eigenvalue weighted by Gasteiger charge is -2.17. The minimum absolute atomic E-state index is 0.219. The van der Waals surface area contributed by atoms with E-state index in [2.05, 4.69) is 10.8 Å². The molecule has 3 rings (SSSR count). The van der Waals surface area contributed by atoms with Crippen molar-refractivity contribution < 1.29 is 13.2 Å². The third-order valence-corrected chi connectivity index (χ3v) is 6.25. The van der Waals surface area contributed by atoms with Crippen LogP contribution < -0.4 is 9.46 Å². The van der Waals surface area contributed by atoms with E-state index in [1.54, 1.807) is 48.5 Å². The highest BCUT2D eigenvalue weighted by Gasteiger charge is 2.16. The molecule has 30 heavy (non-hydrogen) atoms. The van der Waals surface area contributed by atoms with Crippen molar-refractivity contribution in [2.24, 2.45) is 0 Å². The Morgan fingerprint density at radius 3 is 2.40 bits per heavy atom. The molecule has 0 amide bonds. The van der Waals surface area contributed by atoms with Gasteiger partial charge in [-0.25, -0.2) is 13.1 Å². The van der Waals surface area contributed by atoms with Crippen molar-refractivity contribution in [3.63, 3.8) is 0 Å². The van der Waals surface area contributed by atoms with E-state index in [9.17, 15) is 13.7 Å². The predicted molar refractivity (Wildman–Crippen MR) is 118 cm³/mol. The van der Waals surface area contributed by atoms with Crippen LogP contribution in [0.1, 0.15) is 18.9 Å². The summed E-state index contributed by atoms with van der Waals surface area (Å²) in [6.45, 7) is 2.06. The van der Waals surface area contributed by atoms with Gasteiger partial charge in [0.15, 0.2) is 0 Å². The quantitative estimate of drug-likeness (QED) is 0.533. The lowest BCUT2D eigenvalue weighted by Crippen LogP contribution is -2.28. The average molecular weight is 441 g/mol. The Labute approximate surface area is 181 Å². The Bertz CT molecular complexity index is 1140. The SMILES string of the molecule is CC(CCNS(=O)(=O)c1ccccc1)Oc1cccc(-c2ccc(Cl)cc2)c1C#N. The van der Waals surface area contributed by atoms with Gasteiger partial charge in [0.05, 0.1) is 11.0 Å². The molecule has 0 aliphatic carbocycles. The minimum atomic E-state index is -3.56. The molecule has 0 heterocycles. The van der Waals surface area contributed by atoms with Crippen LogP contribution in [0.3, 0.4) is 0 Å². The van der Waals surface area contributed by atoms with Gasteiger partial charge < -0.3 is 4.74 Å². The summed E-state index contributed by atoms with van der Waals surface area (Å²) >= 11 is 5.95. The van der Waals surface area contributed by atoms with Crippen LogP contribution in [0.15, 0.2) is 77.7 Å². The summed E-state index contributed by atoms with van der Waals surface area (Å²) in [6, 6.07) is 23.1. The summed E-state index contributed by atoms with van der Waals surface area (Å²) in [5.74, 6) is 0.461. The minimum Gasteiger partial charge on any atom is -0.489 e. The van der Waals surface area contributed by atoms with Gasteiger partial charge >= 0.3 is 0 Å². The Balaban J connectivity index is 1.67. The van der Waals surface area contributed by atoms with E-state index in [1.165, 1.54) is 0 Å². The maximum Gasteiger partial charge on any atom is 0.240 e. The largest absolute Gasteiger partial charge is 0.489 e. The highest BCUT2D eigenvalue weighted by Crippen LogP contribution is 2.31. The van der Waals surface area contributed by atoms with Gasteiger partial charge in [0.25, 0.3) is 0 Å². The number of benzene rings is 3. The number of nitriles is 1. The molecule has 0 aliphatic rings. The summed E-state index contributed by atoms with van der Waals surface area (Å²) < 4.78 is 33.1. The maximum atomic E-state index is 12.3. The Morgan fingerprint density at radius 2 is 1.73 bits per heavy atom. The standard InChI is InChI=1S/C23H21ClN2O3S/c1-17(14-15-26-30(27,28)20-6-3-2-4-7-20)29-23-9-5-8-21(22(23)16-25)18-10-12-19(24)13-11-18/h2-13,17,26H,14-15H2,1H3. The van der Waals surface area contributed by atoms with Crippen LogP contribution in [-0.2, 0) is 10.0 Å². The van der Waals surface area contributed by atoms with Crippen molar-refractivity contribution in [1.29, 1.82) is 5.26 Å². The van der Waals surface area contributed by atoms with Crippen molar-refractivity contribution in [1.82, 2.24) is 4.72 Å². The highest BCUT2D eigenvalue weighted by molar-refractivity contribution is 7.89. The van der Waals surface area contributed by atoms with Gasteiger partial charge in [-0.2, -0.15) is 5.26 Å². The van der Waals surface area contributed by atoms with E-state index in [0.717, 1.165) is 11.1 Å². The van der Waals surface area contributed by atoms with E-state index >= 15 is 0 Å². The maximum absolute atomic E-state index is 12.3. The fourth-order valence-electron chi connectivity index (χ4n) is 2.97.